The molecule has 2 amide bonds. The average Bonchev–Trinajstić information content (AvgIpc) is 2.91. The molecule has 2 aromatic rings. The van der Waals surface area contributed by atoms with E-state index in [0.717, 1.165) is 66.8 Å². The van der Waals surface area contributed by atoms with Crippen molar-refractivity contribution in [3.8, 4) is 11.1 Å². The monoisotopic (exact) mass is 536 g/mol. The van der Waals surface area contributed by atoms with Gasteiger partial charge in [-0.15, -0.1) is 0 Å². The minimum atomic E-state index is -0.306. The molecular weight excluding hydrogens is 492 g/mol. The number of amides is 2. The number of nitrogens with one attached hydrogen (secondary N) is 1. The Morgan fingerprint density at radius 1 is 1.05 bits per heavy atom. The molecule has 0 unspecified atom stereocenters. The van der Waals surface area contributed by atoms with Crippen LogP contribution < -0.4 is 16.0 Å². The van der Waals surface area contributed by atoms with E-state index in [1.165, 1.54) is 7.11 Å². The van der Waals surface area contributed by atoms with Crippen LogP contribution in [0.4, 0.5) is 16.2 Å². The lowest BCUT2D eigenvalue weighted by atomic mass is 9.90. The first-order valence-electron chi connectivity index (χ1n) is 14.1. The highest BCUT2D eigenvalue weighted by atomic mass is 16.5. The Bertz CT molecular complexity index is 1130. The highest BCUT2D eigenvalue weighted by molar-refractivity contribution is 5.96. The molecule has 0 radical (unpaired) electrons. The topological polar surface area (TPSA) is 97.1 Å². The van der Waals surface area contributed by atoms with Crippen molar-refractivity contribution in [3.63, 3.8) is 0 Å². The van der Waals surface area contributed by atoms with Gasteiger partial charge in [0.2, 0.25) is 5.91 Å². The Morgan fingerprint density at radius 2 is 1.74 bits per heavy atom. The summed E-state index contributed by atoms with van der Waals surface area (Å²) in [5, 5.41) is 3.19. The largest absolute Gasteiger partial charge is 0.453 e. The third-order valence-electron chi connectivity index (χ3n) is 7.52. The minimum Gasteiger partial charge on any atom is -0.453 e. The lowest BCUT2D eigenvalue weighted by Gasteiger charge is -2.35. The molecule has 4 rings (SSSR count). The van der Waals surface area contributed by atoms with Crippen LogP contribution in [0.5, 0.6) is 0 Å². The van der Waals surface area contributed by atoms with Crippen LogP contribution in [0.2, 0.25) is 0 Å². The van der Waals surface area contributed by atoms with Gasteiger partial charge >= 0.3 is 6.09 Å². The average molecular weight is 537 g/mol. The zero-order valence-electron chi connectivity index (χ0n) is 23.9. The van der Waals surface area contributed by atoms with Gasteiger partial charge in [-0.25, -0.2) is 4.79 Å². The fourth-order valence-electron chi connectivity index (χ4n) is 5.49. The lowest BCUT2D eigenvalue weighted by Crippen LogP contribution is -2.43. The molecule has 0 atom stereocenters. The van der Waals surface area contributed by atoms with E-state index in [1.807, 2.05) is 17.0 Å². The molecule has 1 aliphatic carbocycles. The minimum absolute atomic E-state index is 0.00355. The van der Waals surface area contributed by atoms with Gasteiger partial charge in [0, 0.05) is 38.1 Å². The Balaban J connectivity index is 1.60. The lowest BCUT2D eigenvalue weighted by molar-refractivity contribution is -0.117. The van der Waals surface area contributed by atoms with Gasteiger partial charge in [0.15, 0.2) is 0 Å². The molecule has 8 heteroatoms. The summed E-state index contributed by atoms with van der Waals surface area (Å²) in [6.45, 7) is 9.58. The van der Waals surface area contributed by atoms with Gasteiger partial charge in [-0.3, -0.25) is 4.79 Å². The van der Waals surface area contributed by atoms with E-state index < -0.39 is 0 Å². The second-order valence-electron chi connectivity index (χ2n) is 12.0. The second-order valence-corrected chi connectivity index (χ2v) is 12.0. The van der Waals surface area contributed by atoms with E-state index in [2.05, 4.69) is 61.3 Å². The van der Waals surface area contributed by atoms with Crippen LogP contribution in [0.1, 0.15) is 58.4 Å². The van der Waals surface area contributed by atoms with E-state index in [9.17, 15) is 9.59 Å². The number of hydrogen-bond donors (Lipinski definition) is 2. The van der Waals surface area contributed by atoms with Crippen LogP contribution >= 0.6 is 0 Å². The number of ether oxygens (including phenoxy) is 2. The van der Waals surface area contributed by atoms with Crippen LogP contribution in [0.3, 0.4) is 0 Å². The van der Waals surface area contributed by atoms with Crippen molar-refractivity contribution < 1.29 is 19.1 Å². The quantitative estimate of drug-likeness (QED) is 0.492. The molecule has 212 valence electrons. The number of nitrogens with two attached hydrogens (primary N) is 1. The zero-order chi connectivity index (χ0) is 28.0. The number of hydrogen-bond acceptors (Lipinski definition) is 6. The van der Waals surface area contributed by atoms with Crippen LogP contribution in [0.25, 0.3) is 11.1 Å². The first-order valence-corrected chi connectivity index (χ1v) is 14.1. The van der Waals surface area contributed by atoms with E-state index >= 15 is 0 Å². The van der Waals surface area contributed by atoms with Crippen LogP contribution in [0, 0.1) is 5.41 Å². The molecule has 39 heavy (non-hydrogen) atoms. The highest BCUT2D eigenvalue weighted by Gasteiger charge is 2.28. The smallest absolute Gasteiger partial charge is 0.410 e. The van der Waals surface area contributed by atoms with Crippen LogP contribution in [-0.2, 0) is 20.8 Å². The molecule has 1 saturated heterocycles. The van der Waals surface area contributed by atoms with Crippen molar-refractivity contribution in [2.75, 3.05) is 43.6 Å². The first kappa shape index (κ1) is 28.9. The number of anilines is 2. The number of nitrogens with zero attached hydrogens (tertiary/aromatic N) is 2. The SMILES string of the molecule is COC(=O)N(Cc1cccc(-c2ccc(N3CCOCC3)c(NC(=O)CC(C)(C)C)c2)c1)C1CCC(N)CC1. The molecule has 2 fully saturated rings. The summed E-state index contributed by atoms with van der Waals surface area (Å²) in [7, 11) is 1.44. The van der Waals surface area contributed by atoms with Crippen LogP contribution in [0.15, 0.2) is 42.5 Å². The molecule has 8 nitrogen and oxygen atoms in total. The highest BCUT2D eigenvalue weighted by Crippen LogP contribution is 2.34. The van der Waals surface area contributed by atoms with E-state index in [1.54, 1.807) is 0 Å². The van der Waals surface area contributed by atoms with Gasteiger partial charge in [0.05, 0.1) is 31.7 Å². The molecule has 3 N–H and O–H groups in total. The molecule has 1 saturated carbocycles. The van der Waals surface area contributed by atoms with E-state index in [4.69, 9.17) is 15.2 Å². The maximum absolute atomic E-state index is 12.9. The van der Waals surface area contributed by atoms with Gasteiger partial charge in [0.25, 0.3) is 0 Å². The summed E-state index contributed by atoms with van der Waals surface area (Å²) < 4.78 is 10.7. The second kappa shape index (κ2) is 12.8. The third kappa shape index (κ3) is 7.96. The Morgan fingerprint density at radius 3 is 2.41 bits per heavy atom. The zero-order valence-corrected chi connectivity index (χ0v) is 23.9. The fraction of sp³-hybridized carbons (Fsp3) is 0.548. The van der Waals surface area contributed by atoms with Gasteiger partial charge in [0.1, 0.15) is 0 Å². The first-order chi connectivity index (χ1) is 18.6. The number of morpholine rings is 1. The Kier molecular flexibility index (Phi) is 9.51. The number of carbonyl (C=O) groups excluding carboxylic acids is 2. The van der Waals surface area contributed by atoms with Crippen molar-refractivity contribution in [3.05, 3.63) is 48.0 Å². The maximum Gasteiger partial charge on any atom is 0.410 e. The Hall–Kier alpha value is -3.10. The number of benzene rings is 2. The molecule has 2 aromatic carbocycles. The van der Waals surface area contributed by atoms with Crippen molar-refractivity contribution in [1.82, 2.24) is 4.90 Å². The molecule has 2 aliphatic rings. The number of rotatable bonds is 7. The van der Waals surface area contributed by atoms with Gasteiger partial charge < -0.3 is 30.3 Å². The summed E-state index contributed by atoms with van der Waals surface area (Å²) in [6, 6.07) is 14.8. The van der Waals surface area contributed by atoms with Gasteiger partial charge in [-0.05, 0) is 66.0 Å². The summed E-state index contributed by atoms with van der Waals surface area (Å²) in [4.78, 5) is 29.7. The molecular formula is C31H44N4O4. The van der Waals surface area contributed by atoms with Crippen molar-refractivity contribution in [2.45, 2.75) is 71.5 Å². The van der Waals surface area contributed by atoms with E-state index in [0.29, 0.717) is 26.2 Å². The number of methoxy groups -OCH3 is 1. The summed E-state index contributed by atoms with van der Waals surface area (Å²) >= 11 is 0. The van der Waals surface area contributed by atoms with Gasteiger partial charge in [-0.2, -0.15) is 0 Å². The molecule has 1 heterocycles. The van der Waals surface area contributed by atoms with Crippen molar-refractivity contribution in [2.24, 2.45) is 11.1 Å². The molecule has 0 bridgehead atoms. The molecule has 0 aromatic heterocycles. The molecule has 1 aliphatic heterocycles. The van der Waals surface area contributed by atoms with E-state index in [-0.39, 0.29) is 29.5 Å². The molecule has 0 spiro atoms. The predicted octanol–water partition coefficient (Wildman–Crippen LogP) is 5.40. The summed E-state index contributed by atoms with van der Waals surface area (Å²) in [5.41, 5.74) is 10.9. The van der Waals surface area contributed by atoms with Crippen molar-refractivity contribution in [1.29, 1.82) is 0 Å². The Labute approximate surface area is 232 Å². The summed E-state index contributed by atoms with van der Waals surface area (Å²) in [6.07, 6.45) is 3.73. The standard InChI is InChI=1S/C31H44N4O4/c1-31(2,3)20-29(36)33-27-19-24(8-13-28(27)34-14-16-39-17-15-34)23-7-5-6-22(18-23)21-35(30(37)38-4)26-11-9-25(32)10-12-26/h5-8,13,18-19,25-26H,9-12,14-17,20-21,32H2,1-4H3,(H,33,36). The maximum atomic E-state index is 12.9. The third-order valence-corrected chi connectivity index (χ3v) is 7.52. The number of carbonyl (C=O) groups is 2. The van der Waals surface area contributed by atoms with Gasteiger partial charge in [-0.1, -0.05) is 45.0 Å². The van der Waals surface area contributed by atoms with Crippen molar-refractivity contribution >= 4 is 23.4 Å². The normalized spacial score (nSPS) is 19.9. The summed E-state index contributed by atoms with van der Waals surface area (Å²) in [5.74, 6) is 0.00355. The fourth-order valence-corrected chi connectivity index (χ4v) is 5.49. The predicted molar refractivity (Wildman–Crippen MR) is 156 cm³/mol. The van der Waals surface area contributed by atoms with Crippen LogP contribution in [-0.4, -0.2) is 62.4 Å².